The number of methoxy groups -OCH3 is 1. The summed E-state index contributed by atoms with van der Waals surface area (Å²) in [4.78, 5) is 18.0. The lowest BCUT2D eigenvalue weighted by atomic mass is 10.2. The van der Waals surface area contributed by atoms with Gasteiger partial charge in [-0.05, 0) is 25.0 Å². The van der Waals surface area contributed by atoms with E-state index in [0.29, 0.717) is 24.5 Å². The van der Waals surface area contributed by atoms with Gasteiger partial charge in [-0.25, -0.2) is 4.98 Å². The molecule has 0 bridgehead atoms. The predicted molar refractivity (Wildman–Crippen MR) is 102 cm³/mol. The van der Waals surface area contributed by atoms with Crippen molar-refractivity contribution in [2.45, 2.75) is 32.1 Å². The van der Waals surface area contributed by atoms with Gasteiger partial charge < -0.3 is 14.0 Å². The highest BCUT2D eigenvalue weighted by atomic mass is 16.5. The van der Waals surface area contributed by atoms with Gasteiger partial charge in [-0.15, -0.1) is 5.10 Å². The number of para-hydroxylation sites is 2. The topological polar surface area (TPSA) is 88.5 Å². The maximum absolute atomic E-state index is 13.5. The van der Waals surface area contributed by atoms with Crippen molar-refractivity contribution in [3.8, 4) is 5.82 Å². The Kier molecular flexibility index (Phi) is 4.18. The molecule has 0 spiro atoms. The summed E-state index contributed by atoms with van der Waals surface area (Å²) >= 11 is 0. The Balaban J connectivity index is 1.77. The fourth-order valence-corrected chi connectivity index (χ4v) is 3.86. The normalized spacial score (nSPS) is 17.1. The van der Waals surface area contributed by atoms with Crippen LogP contribution in [-0.2, 0) is 22.6 Å². The molecule has 4 aromatic rings. The van der Waals surface area contributed by atoms with E-state index in [9.17, 15) is 4.79 Å². The van der Waals surface area contributed by atoms with Gasteiger partial charge in [0.05, 0.1) is 42.2 Å². The lowest BCUT2D eigenvalue weighted by Crippen LogP contribution is -2.28. The summed E-state index contributed by atoms with van der Waals surface area (Å²) in [5.41, 5.74) is 2.82. The minimum absolute atomic E-state index is 0.0466. The van der Waals surface area contributed by atoms with Crippen molar-refractivity contribution in [2.75, 3.05) is 13.7 Å². The van der Waals surface area contributed by atoms with Crippen LogP contribution in [0.2, 0.25) is 0 Å². The molecule has 9 heteroatoms. The van der Waals surface area contributed by atoms with Crippen LogP contribution in [0, 0.1) is 0 Å². The highest BCUT2D eigenvalue weighted by molar-refractivity contribution is 5.80. The molecule has 1 aliphatic heterocycles. The average molecular weight is 380 g/mol. The Morgan fingerprint density at radius 3 is 2.93 bits per heavy atom. The zero-order chi connectivity index (χ0) is 19.1. The number of aromatic nitrogens is 6. The van der Waals surface area contributed by atoms with Gasteiger partial charge >= 0.3 is 0 Å². The monoisotopic (exact) mass is 380 g/mol. The van der Waals surface area contributed by atoms with E-state index in [4.69, 9.17) is 9.47 Å². The van der Waals surface area contributed by atoms with Gasteiger partial charge in [0.15, 0.2) is 11.3 Å². The van der Waals surface area contributed by atoms with Crippen molar-refractivity contribution in [1.29, 1.82) is 0 Å². The first kappa shape index (κ1) is 17.1. The molecule has 1 aromatic carbocycles. The van der Waals surface area contributed by atoms with Crippen molar-refractivity contribution in [3.05, 3.63) is 52.8 Å². The summed E-state index contributed by atoms with van der Waals surface area (Å²) in [7, 11) is 1.60. The highest BCUT2D eigenvalue weighted by Gasteiger charge is 2.22. The largest absolute Gasteiger partial charge is 0.378 e. The Bertz CT molecular complexity index is 1200. The van der Waals surface area contributed by atoms with Crippen LogP contribution < -0.4 is 5.56 Å². The van der Waals surface area contributed by atoms with Crippen molar-refractivity contribution in [2.24, 2.45) is 0 Å². The third-order valence-corrected chi connectivity index (χ3v) is 5.15. The molecule has 0 amide bonds. The first-order chi connectivity index (χ1) is 13.8. The van der Waals surface area contributed by atoms with Gasteiger partial charge in [0.2, 0.25) is 0 Å². The SMILES string of the molecule is COCc1cnnn1-c1ncn2c1c(=O)n(CC1CCCO1)c1ccccc12. The molecule has 9 nitrogen and oxygen atoms in total. The minimum atomic E-state index is -0.124. The number of hydrogen-bond acceptors (Lipinski definition) is 6. The lowest BCUT2D eigenvalue weighted by molar-refractivity contribution is 0.0973. The van der Waals surface area contributed by atoms with Crippen LogP contribution in [0.5, 0.6) is 0 Å². The van der Waals surface area contributed by atoms with Gasteiger partial charge in [0.25, 0.3) is 5.56 Å². The predicted octanol–water partition coefficient (Wildman–Crippen LogP) is 1.56. The van der Waals surface area contributed by atoms with Crippen LogP contribution in [-0.4, -0.2) is 48.8 Å². The first-order valence-electron chi connectivity index (χ1n) is 9.27. The molecule has 0 radical (unpaired) electrons. The second-order valence-corrected chi connectivity index (χ2v) is 6.90. The molecule has 1 atom stereocenters. The maximum Gasteiger partial charge on any atom is 0.279 e. The number of fused-ring (bicyclic) bond motifs is 3. The standard InChI is InChI=1S/C19H20N6O3/c1-27-11-13-9-21-22-25(13)18-17-19(26)23(10-14-5-4-8-28-14)15-6-2-3-7-16(15)24(17)12-20-18/h2-3,6-7,9,12,14H,4-5,8,10-11H2,1H3. The van der Waals surface area contributed by atoms with Crippen molar-refractivity contribution in [3.63, 3.8) is 0 Å². The molecule has 1 fully saturated rings. The third kappa shape index (κ3) is 2.62. The quantitative estimate of drug-likeness (QED) is 0.522. The molecule has 5 rings (SSSR count). The second-order valence-electron chi connectivity index (χ2n) is 6.90. The zero-order valence-electron chi connectivity index (χ0n) is 15.5. The highest BCUT2D eigenvalue weighted by Crippen LogP contribution is 2.21. The van der Waals surface area contributed by atoms with Crippen LogP contribution in [0.4, 0.5) is 0 Å². The van der Waals surface area contributed by atoms with E-state index in [0.717, 1.165) is 36.2 Å². The Labute approximate surface area is 160 Å². The number of hydrogen-bond donors (Lipinski definition) is 0. The molecular formula is C19H20N6O3. The second kappa shape index (κ2) is 6.84. The molecule has 0 saturated carbocycles. The maximum atomic E-state index is 13.5. The van der Waals surface area contributed by atoms with Gasteiger partial charge in [0, 0.05) is 13.7 Å². The molecule has 144 valence electrons. The smallest absolute Gasteiger partial charge is 0.279 e. The van der Waals surface area contributed by atoms with Crippen molar-refractivity contribution >= 4 is 16.6 Å². The molecule has 28 heavy (non-hydrogen) atoms. The van der Waals surface area contributed by atoms with Crippen LogP contribution >= 0.6 is 0 Å². The Morgan fingerprint density at radius 1 is 1.29 bits per heavy atom. The number of nitrogens with zero attached hydrogens (tertiary/aromatic N) is 6. The van der Waals surface area contributed by atoms with E-state index < -0.39 is 0 Å². The molecule has 1 saturated heterocycles. The van der Waals surface area contributed by atoms with Gasteiger partial charge in [0.1, 0.15) is 6.33 Å². The van der Waals surface area contributed by atoms with E-state index in [1.165, 1.54) is 0 Å². The van der Waals surface area contributed by atoms with Crippen LogP contribution in [0.25, 0.3) is 22.4 Å². The number of rotatable bonds is 5. The summed E-state index contributed by atoms with van der Waals surface area (Å²) in [6, 6.07) is 7.83. The molecule has 3 aromatic heterocycles. The van der Waals surface area contributed by atoms with Crippen molar-refractivity contribution < 1.29 is 9.47 Å². The number of ether oxygens (including phenoxy) is 2. The van der Waals surface area contributed by atoms with E-state index >= 15 is 0 Å². The van der Waals surface area contributed by atoms with E-state index in [-0.39, 0.29) is 11.7 Å². The number of imidazole rings is 1. The van der Waals surface area contributed by atoms with Gasteiger partial charge in [-0.3, -0.25) is 9.20 Å². The molecule has 4 heterocycles. The third-order valence-electron chi connectivity index (χ3n) is 5.15. The summed E-state index contributed by atoms with van der Waals surface area (Å²) in [6.07, 6.45) is 5.30. The molecular weight excluding hydrogens is 360 g/mol. The Morgan fingerprint density at radius 2 is 2.14 bits per heavy atom. The summed E-state index contributed by atoms with van der Waals surface area (Å²) in [5, 5.41) is 8.08. The molecule has 0 aliphatic carbocycles. The lowest BCUT2D eigenvalue weighted by Gasteiger charge is -2.16. The molecule has 1 unspecified atom stereocenters. The fourth-order valence-electron chi connectivity index (χ4n) is 3.86. The summed E-state index contributed by atoms with van der Waals surface area (Å²) < 4.78 is 16.2. The molecule has 1 aliphatic rings. The number of benzene rings is 1. The van der Waals surface area contributed by atoms with E-state index in [2.05, 4.69) is 15.3 Å². The van der Waals surface area contributed by atoms with E-state index in [1.54, 1.807) is 28.9 Å². The Hall–Kier alpha value is -3.04. The average Bonchev–Trinajstić information content (AvgIpc) is 3.45. The molecule has 0 N–H and O–H groups in total. The summed E-state index contributed by atoms with van der Waals surface area (Å²) in [6.45, 7) is 1.59. The fraction of sp³-hybridized carbons (Fsp3) is 0.368. The van der Waals surface area contributed by atoms with Crippen LogP contribution in [0.3, 0.4) is 0 Å². The van der Waals surface area contributed by atoms with E-state index in [1.807, 2.05) is 28.7 Å². The summed E-state index contributed by atoms with van der Waals surface area (Å²) in [5.74, 6) is 0.446. The van der Waals surface area contributed by atoms with Gasteiger partial charge in [-0.1, -0.05) is 17.3 Å². The zero-order valence-corrected chi connectivity index (χ0v) is 15.5. The van der Waals surface area contributed by atoms with Crippen LogP contribution in [0.1, 0.15) is 18.5 Å². The van der Waals surface area contributed by atoms with Gasteiger partial charge in [-0.2, -0.15) is 4.68 Å². The first-order valence-corrected chi connectivity index (χ1v) is 9.27. The minimum Gasteiger partial charge on any atom is -0.378 e. The van der Waals surface area contributed by atoms with Crippen molar-refractivity contribution in [1.82, 2.24) is 28.9 Å². The van der Waals surface area contributed by atoms with Crippen LogP contribution in [0.15, 0.2) is 41.6 Å².